The van der Waals surface area contributed by atoms with Gasteiger partial charge >= 0.3 is 0 Å². The Morgan fingerprint density at radius 1 is 1.62 bits per heavy atom. The Morgan fingerprint density at radius 3 is 3.10 bits per heavy atom. The lowest BCUT2D eigenvalue weighted by Gasteiger charge is -2.23. The fourth-order valence-corrected chi connectivity index (χ4v) is 2.36. The molecule has 0 spiro atoms. The Kier molecular flexibility index (Phi) is 7.71. The highest BCUT2D eigenvalue weighted by molar-refractivity contribution is 5.92. The highest BCUT2D eigenvalue weighted by Crippen LogP contribution is 2.16. The number of nitrogens with zero attached hydrogens (tertiary/aromatic N) is 3. The molecule has 0 saturated carbocycles. The van der Waals surface area contributed by atoms with Crippen LogP contribution >= 0.6 is 12.4 Å². The van der Waals surface area contributed by atoms with Crippen LogP contribution < -0.4 is 5.32 Å². The van der Waals surface area contributed by atoms with Crippen molar-refractivity contribution in [2.45, 2.75) is 25.8 Å². The summed E-state index contributed by atoms with van der Waals surface area (Å²) in [6.07, 6.45) is 4.17. The normalized spacial score (nSPS) is 18.1. The number of rotatable bonds is 6. The van der Waals surface area contributed by atoms with E-state index < -0.39 is 0 Å². The summed E-state index contributed by atoms with van der Waals surface area (Å²) in [5.41, 5.74) is 0.509. The molecule has 1 fully saturated rings. The van der Waals surface area contributed by atoms with E-state index in [1.165, 1.54) is 0 Å². The van der Waals surface area contributed by atoms with E-state index in [0.717, 1.165) is 25.9 Å². The summed E-state index contributed by atoms with van der Waals surface area (Å²) in [5, 5.41) is 7.78. The number of nitrogens with one attached hydrogen (secondary N) is 1. The van der Waals surface area contributed by atoms with Crippen LogP contribution in [0.5, 0.6) is 0 Å². The zero-order valence-electron chi connectivity index (χ0n) is 12.7. The minimum Gasteiger partial charge on any atom is -0.380 e. The van der Waals surface area contributed by atoms with Gasteiger partial charge in [0.15, 0.2) is 0 Å². The number of carbonyl (C=O) groups excluding carboxylic acids is 1. The maximum absolute atomic E-state index is 12.2. The van der Waals surface area contributed by atoms with Crippen molar-refractivity contribution in [3.05, 3.63) is 18.0 Å². The van der Waals surface area contributed by atoms with Gasteiger partial charge in [0.25, 0.3) is 5.91 Å². The molecule has 1 saturated heterocycles. The number of halogens is 1. The monoisotopic (exact) mass is 316 g/mol. The van der Waals surface area contributed by atoms with Crippen molar-refractivity contribution in [1.29, 1.82) is 0 Å². The molecule has 0 aliphatic carbocycles. The molecule has 1 aliphatic rings. The van der Waals surface area contributed by atoms with E-state index >= 15 is 0 Å². The number of aromatic nitrogens is 2. The van der Waals surface area contributed by atoms with Crippen LogP contribution in [-0.2, 0) is 4.74 Å². The fourth-order valence-electron chi connectivity index (χ4n) is 2.36. The highest BCUT2D eigenvalue weighted by atomic mass is 35.5. The summed E-state index contributed by atoms with van der Waals surface area (Å²) < 4.78 is 7.18. The van der Waals surface area contributed by atoms with Gasteiger partial charge in [-0.3, -0.25) is 9.48 Å². The first-order valence-corrected chi connectivity index (χ1v) is 7.31. The number of carbonyl (C=O) groups is 1. The van der Waals surface area contributed by atoms with Crippen LogP contribution in [0.15, 0.2) is 12.3 Å². The van der Waals surface area contributed by atoms with Gasteiger partial charge in [-0.2, -0.15) is 5.10 Å². The molecule has 120 valence electrons. The predicted octanol–water partition coefficient (Wildman–Crippen LogP) is 1.34. The molecule has 2 rings (SSSR count). The lowest BCUT2D eigenvalue weighted by molar-refractivity contribution is 0.0703. The Hall–Kier alpha value is -1.11. The van der Waals surface area contributed by atoms with Gasteiger partial charge < -0.3 is 15.0 Å². The zero-order chi connectivity index (χ0) is 14.4. The number of piperidine rings is 1. The van der Waals surface area contributed by atoms with Gasteiger partial charge in [-0.15, -0.1) is 12.4 Å². The molecule has 6 nitrogen and oxygen atoms in total. The van der Waals surface area contributed by atoms with Crippen molar-refractivity contribution in [3.63, 3.8) is 0 Å². The maximum atomic E-state index is 12.2. The topological polar surface area (TPSA) is 59.4 Å². The first-order chi connectivity index (χ1) is 9.72. The van der Waals surface area contributed by atoms with Crippen LogP contribution in [0.3, 0.4) is 0 Å². The summed E-state index contributed by atoms with van der Waals surface area (Å²) in [6.45, 7) is 5.77. The van der Waals surface area contributed by atoms with E-state index in [9.17, 15) is 4.79 Å². The summed E-state index contributed by atoms with van der Waals surface area (Å²) in [7, 11) is 1.78. The first-order valence-electron chi connectivity index (χ1n) is 7.31. The van der Waals surface area contributed by atoms with Crippen molar-refractivity contribution in [1.82, 2.24) is 20.0 Å². The maximum Gasteiger partial charge on any atom is 0.274 e. The van der Waals surface area contributed by atoms with E-state index in [1.807, 2.05) is 17.8 Å². The Bertz CT molecular complexity index is 432. The van der Waals surface area contributed by atoms with E-state index in [-0.39, 0.29) is 18.3 Å². The van der Waals surface area contributed by atoms with Gasteiger partial charge in [-0.05, 0) is 32.4 Å². The lowest BCUT2D eigenvalue weighted by atomic mass is 10.1. The molecule has 1 atom stereocenters. The first kappa shape index (κ1) is 17.9. The summed E-state index contributed by atoms with van der Waals surface area (Å²) in [6, 6.07) is 2.16. The third-order valence-electron chi connectivity index (χ3n) is 3.59. The number of amides is 1. The molecule has 1 unspecified atom stereocenters. The van der Waals surface area contributed by atoms with Gasteiger partial charge in [-0.25, -0.2) is 0 Å². The Labute approximate surface area is 132 Å². The van der Waals surface area contributed by atoms with Crippen LogP contribution in [0, 0.1) is 0 Å². The van der Waals surface area contributed by atoms with Gasteiger partial charge in [0, 0.05) is 32.9 Å². The Morgan fingerprint density at radius 2 is 2.43 bits per heavy atom. The number of hydrogen-bond donors (Lipinski definition) is 1. The second kappa shape index (κ2) is 9.02. The molecule has 7 heteroatoms. The fraction of sp³-hybridized carbons (Fsp3) is 0.714. The van der Waals surface area contributed by atoms with Crippen molar-refractivity contribution in [3.8, 4) is 0 Å². The molecule has 0 radical (unpaired) electrons. The molecule has 1 aromatic rings. The largest absolute Gasteiger partial charge is 0.380 e. The third-order valence-corrected chi connectivity index (χ3v) is 3.59. The average molecular weight is 317 g/mol. The molecule has 1 amide bonds. The third kappa shape index (κ3) is 4.98. The van der Waals surface area contributed by atoms with Crippen LogP contribution in [0.1, 0.15) is 36.3 Å². The molecule has 2 heterocycles. The molecule has 21 heavy (non-hydrogen) atoms. The summed E-state index contributed by atoms with van der Waals surface area (Å²) in [5.74, 6) is -0.0489. The highest BCUT2D eigenvalue weighted by Gasteiger charge is 2.19. The standard InChI is InChI=1S/C14H24N4O2.ClH/c1-3-20-10-9-17(2)14(19)13-6-8-18(16-13)12-5-4-7-15-11-12;/h6,8,12,15H,3-5,7,9-11H2,1-2H3;1H. The van der Waals surface area contributed by atoms with Gasteiger partial charge in [0.1, 0.15) is 5.69 Å². The van der Waals surface area contributed by atoms with Crippen molar-refractivity contribution in [2.75, 3.05) is 39.9 Å². The van der Waals surface area contributed by atoms with Crippen LogP contribution in [0.2, 0.25) is 0 Å². The molecule has 1 aromatic heterocycles. The van der Waals surface area contributed by atoms with Crippen molar-refractivity contribution >= 4 is 18.3 Å². The quantitative estimate of drug-likeness (QED) is 0.805. The van der Waals surface area contributed by atoms with Crippen LogP contribution in [0.25, 0.3) is 0 Å². The smallest absolute Gasteiger partial charge is 0.274 e. The van der Waals surface area contributed by atoms with E-state index in [1.54, 1.807) is 18.0 Å². The minimum absolute atomic E-state index is 0. The predicted molar refractivity (Wildman–Crippen MR) is 84.1 cm³/mol. The van der Waals surface area contributed by atoms with Crippen LogP contribution in [-0.4, -0.2) is 60.5 Å². The van der Waals surface area contributed by atoms with Crippen molar-refractivity contribution < 1.29 is 9.53 Å². The van der Waals surface area contributed by atoms with Gasteiger partial charge in [0.05, 0.1) is 12.6 Å². The Balaban J connectivity index is 0.00000220. The van der Waals surface area contributed by atoms with Gasteiger partial charge in [-0.1, -0.05) is 0 Å². The second-order valence-electron chi connectivity index (χ2n) is 5.10. The molecule has 1 aliphatic heterocycles. The average Bonchev–Trinajstić information content (AvgIpc) is 2.97. The molecule has 1 N–H and O–H groups in total. The molecule has 0 aromatic carbocycles. The molecular formula is C14H25ClN4O2. The number of ether oxygens (including phenoxy) is 1. The SMILES string of the molecule is CCOCCN(C)C(=O)c1ccn(C2CCCNC2)n1.Cl. The second-order valence-corrected chi connectivity index (χ2v) is 5.10. The molecule has 0 bridgehead atoms. The van der Waals surface area contributed by atoms with E-state index in [2.05, 4.69) is 10.4 Å². The van der Waals surface area contributed by atoms with E-state index in [0.29, 0.717) is 31.5 Å². The summed E-state index contributed by atoms with van der Waals surface area (Å²) in [4.78, 5) is 13.9. The lowest BCUT2D eigenvalue weighted by Crippen LogP contribution is -2.33. The number of hydrogen-bond acceptors (Lipinski definition) is 4. The minimum atomic E-state index is -0.0489. The van der Waals surface area contributed by atoms with Crippen LogP contribution in [0.4, 0.5) is 0 Å². The number of likely N-dealkylation sites (N-methyl/N-ethyl adjacent to an activating group) is 1. The molecular weight excluding hydrogens is 292 g/mol. The summed E-state index contributed by atoms with van der Waals surface area (Å²) >= 11 is 0. The van der Waals surface area contributed by atoms with Gasteiger partial charge in [0.2, 0.25) is 0 Å². The van der Waals surface area contributed by atoms with E-state index in [4.69, 9.17) is 4.74 Å². The van der Waals surface area contributed by atoms with Crippen molar-refractivity contribution in [2.24, 2.45) is 0 Å². The zero-order valence-corrected chi connectivity index (χ0v) is 13.6.